The maximum Gasteiger partial charge on any atom is 0.165 e. The van der Waals surface area contributed by atoms with E-state index in [1.54, 1.807) is 32.4 Å². The summed E-state index contributed by atoms with van der Waals surface area (Å²) >= 11 is 0. The van der Waals surface area contributed by atoms with Crippen LogP contribution in [0.25, 0.3) is 0 Å². The van der Waals surface area contributed by atoms with Gasteiger partial charge in [0.1, 0.15) is 12.4 Å². The summed E-state index contributed by atoms with van der Waals surface area (Å²) < 4.78 is 32.0. The predicted molar refractivity (Wildman–Crippen MR) is 154 cm³/mol. The molecule has 1 N–H and O–H groups in total. The normalized spacial score (nSPS) is 14.7. The highest BCUT2D eigenvalue weighted by molar-refractivity contribution is 5.64. The van der Waals surface area contributed by atoms with E-state index in [2.05, 4.69) is 29.7 Å². The van der Waals surface area contributed by atoms with Gasteiger partial charge in [-0.2, -0.15) is 0 Å². The minimum absolute atomic E-state index is 0.277. The molecule has 1 aliphatic rings. The van der Waals surface area contributed by atoms with E-state index in [4.69, 9.17) is 14.2 Å². The number of benzene rings is 3. The second-order valence-corrected chi connectivity index (χ2v) is 10.2. The number of hydrogen-bond donors (Lipinski definition) is 1. The molecule has 1 aliphatic carbocycles. The number of aromatic hydroxyl groups is 1. The lowest BCUT2D eigenvalue weighted by atomic mass is 9.79. The van der Waals surface area contributed by atoms with Crippen molar-refractivity contribution in [3.63, 3.8) is 0 Å². The number of likely N-dealkylation sites (N-methyl/N-ethyl adjacent to an activating group) is 1. The van der Waals surface area contributed by atoms with Crippen LogP contribution in [0.5, 0.6) is 23.0 Å². The number of hydrogen-bond acceptors (Lipinski definition) is 6. The van der Waals surface area contributed by atoms with Gasteiger partial charge in [0.15, 0.2) is 23.1 Å². The van der Waals surface area contributed by atoms with E-state index in [9.17, 15) is 9.50 Å². The second kappa shape index (κ2) is 13.1. The summed E-state index contributed by atoms with van der Waals surface area (Å²) in [6.45, 7) is 7.59. The molecular formula is C32H41FN2O4. The van der Waals surface area contributed by atoms with Crippen LogP contribution in [0.4, 0.5) is 10.1 Å². The van der Waals surface area contributed by atoms with Crippen molar-refractivity contribution >= 4 is 5.69 Å². The topological polar surface area (TPSA) is 54.4 Å². The van der Waals surface area contributed by atoms with Crippen LogP contribution < -0.4 is 19.1 Å². The van der Waals surface area contributed by atoms with Crippen LogP contribution in [0, 0.1) is 5.82 Å². The molecule has 0 heterocycles. The molecule has 0 bridgehead atoms. The summed E-state index contributed by atoms with van der Waals surface area (Å²) in [5.74, 6) is 1.90. The highest BCUT2D eigenvalue weighted by atomic mass is 19.1. The number of methoxy groups -OCH3 is 2. The molecule has 6 nitrogen and oxygen atoms in total. The van der Waals surface area contributed by atoms with E-state index in [0.29, 0.717) is 30.4 Å². The molecule has 7 heteroatoms. The van der Waals surface area contributed by atoms with Gasteiger partial charge in [0.2, 0.25) is 0 Å². The van der Waals surface area contributed by atoms with Crippen LogP contribution in [0.15, 0.2) is 48.5 Å². The number of nitrogens with zero attached hydrogens (tertiary/aromatic N) is 2. The van der Waals surface area contributed by atoms with Crippen LogP contribution in [-0.2, 0) is 19.4 Å². The maximum atomic E-state index is 15.0. The highest BCUT2D eigenvalue weighted by Crippen LogP contribution is 2.43. The van der Waals surface area contributed by atoms with Gasteiger partial charge in [0, 0.05) is 31.4 Å². The first kappa shape index (κ1) is 28.6. The highest BCUT2D eigenvalue weighted by Gasteiger charge is 2.26. The fraction of sp³-hybridized carbons (Fsp3) is 0.438. The van der Waals surface area contributed by atoms with Crippen molar-refractivity contribution in [1.29, 1.82) is 0 Å². The molecule has 0 amide bonds. The molecule has 1 unspecified atom stereocenters. The number of fused-ring (bicyclic) bond motifs is 1. The Morgan fingerprint density at radius 1 is 0.923 bits per heavy atom. The van der Waals surface area contributed by atoms with Gasteiger partial charge in [-0.05, 0) is 98.3 Å². The summed E-state index contributed by atoms with van der Waals surface area (Å²) in [5, 5.41) is 9.92. The summed E-state index contributed by atoms with van der Waals surface area (Å²) in [5.41, 5.74) is 5.59. The third-order valence-corrected chi connectivity index (χ3v) is 7.75. The summed E-state index contributed by atoms with van der Waals surface area (Å²) in [4.78, 5) is 4.38. The van der Waals surface area contributed by atoms with E-state index in [1.807, 2.05) is 31.3 Å². The van der Waals surface area contributed by atoms with E-state index in [-0.39, 0.29) is 17.5 Å². The van der Waals surface area contributed by atoms with Gasteiger partial charge in [-0.3, -0.25) is 0 Å². The molecule has 3 aromatic carbocycles. The second-order valence-electron chi connectivity index (χ2n) is 10.2. The van der Waals surface area contributed by atoms with Crippen LogP contribution >= 0.6 is 0 Å². The summed E-state index contributed by atoms with van der Waals surface area (Å²) in [6.07, 6.45) is 2.74. The fourth-order valence-corrected chi connectivity index (χ4v) is 5.31. The Labute approximate surface area is 231 Å². The van der Waals surface area contributed by atoms with Gasteiger partial charge >= 0.3 is 0 Å². The zero-order valence-electron chi connectivity index (χ0n) is 23.8. The quantitative estimate of drug-likeness (QED) is 0.298. The lowest BCUT2D eigenvalue weighted by molar-refractivity contribution is 0.236. The Morgan fingerprint density at radius 3 is 2.38 bits per heavy atom. The molecule has 3 aromatic rings. The molecule has 0 spiro atoms. The van der Waals surface area contributed by atoms with Crippen molar-refractivity contribution in [3.05, 3.63) is 76.6 Å². The summed E-state index contributed by atoms with van der Waals surface area (Å²) in [6, 6.07) is 15.1. The first-order valence-electron chi connectivity index (χ1n) is 13.8. The Kier molecular flexibility index (Phi) is 9.57. The summed E-state index contributed by atoms with van der Waals surface area (Å²) in [7, 11) is 5.32. The molecule has 0 saturated heterocycles. The molecule has 0 fully saturated rings. The zero-order chi connectivity index (χ0) is 27.9. The Bertz CT molecular complexity index is 1270. The number of anilines is 1. The monoisotopic (exact) mass is 536 g/mol. The third-order valence-electron chi connectivity index (χ3n) is 7.75. The third kappa shape index (κ3) is 6.77. The van der Waals surface area contributed by atoms with Crippen molar-refractivity contribution in [1.82, 2.24) is 4.90 Å². The van der Waals surface area contributed by atoms with Crippen molar-refractivity contribution in [2.45, 2.75) is 45.6 Å². The van der Waals surface area contributed by atoms with Crippen LogP contribution in [0.1, 0.15) is 48.4 Å². The average molecular weight is 537 g/mol. The number of phenolic OH excluding ortho intramolecular Hbond substituents is 1. The van der Waals surface area contributed by atoms with Gasteiger partial charge in [0.25, 0.3) is 0 Å². The lowest BCUT2D eigenvalue weighted by Gasteiger charge is -2.32. The van der Waals surface area contributed by atoms with Gasteiger partial charge < -0.3 is 29.1 Å². The van der Waals surface area contributed by atoms with Crippen LogP contribution in [0.3, 0.4) is 0 Å². The van der Waals surface area contributed by atoms with Gasteiger partial charge in [-0.1, -0.05) is 19.1 Å². The molecule has 4 rings (SSSR count). The van der Waals surface area contributed by atoms with Crippen molar-refractivity contribution in [2.24, 2.45) is 0 Å². The van der Waals surface area contributed by atoms with Crippen molar-refractivity contribution in [3.8, 4) is 23.0 Å². The van der Waals surface area contributed by atoms with Crippen molar-refractivity contribution < 1.29 is 23.7 Å². The first-order valence-corrected chi connectivity index (χ1v) is 13.8. The molecule has 0 aliphatic heterocycles. The molecule has 0 aromatic heterocycles. The van der Waals surface area contributed by atoms with Gasteiger partial charge in [-0.15, -0.1) is 0 Å². The largest absolute Gasteiger partial charge is 0.508 e. The van der Waals surface area contributed by atoms with E-state index in [0.717, 1.165) is 50.1 Å². The molecule has 0 radical (unpaired) electrons. The Balaban J connectivity index is 1.60. The molecule has 39 heavy (non-hydrogen) atoms. The van der Waals surface area contributed by atoms with E-state index >= 15 is 0 Å². The van der Waals surface area contributed by atoms with Crippen LogP contribution in [-0.4, -0.2) is 57.5 Å². The number of halogens is 1. The Morgan fingerprint density at radius 2 is 1.69 bits per heavy atom. The number of ether oxygens (including phenoxy) is 3. The smallest absolute Gasteiger partial charge is 0.165 e. The number of aryl methyl sites for hydroxylation is 1. The minimum atomic E-state index is -0.345. The average Bonchev–Trinajstić information content (AvgIpc) is 2.95. The van der Waals surface area contributed by atoms with Gasteiger partial charge in [-0.25, -0.2) is 4.39 Å². The molecule has 210 valence electrons. The number of rotatable bonds is 12. The molecule has 1 atom stereocenters. The Hall–Kier alpha value is -3.45. The van der Waals surface area contributed by atoms with Crippen LogP contribution in [0.2, 0.25) is 0 Å². The molecular weight excluding hydrogens is 495 g/mol. The maximum absolute atomic E-state index is 15.0. The standard InChI is InChI=1S/C32H41FN2O4/c1-6-34(3)14-15-39-30-13-8-22(16-28(30)33)21-35(7-2)29-20-32(38-5)31(37-4)19-27(29)25-10-9-24-18-26(36)12-11-23(24)17-25/h8,11-13,16,18-20,25,36H,6-7,9-10,14-15,17,21H2,1-5H3. The lowest BCUT2D eigenvalue weighted by Crippen LogP contribution is -2.25. The fourth-order valence-electron chi connectivity index (χ4n) is 5.31. The van der Waals surface area contributed by atoms with E-state index < -0.39 is 0 Å². The van der Waals surface area contributed by atoms with Gasteiger partial charge in [0.05, 0.1) is 14.2 Å². The predicted octanol–water partition coefficient (Wildman–Crippen LogP) is 6.18. The SMILES string of the molecule is CCN(C)CCOc1ccc(CN(CC)c2cc(OC)c(OC)cc2C2CCc3cc(O)ccc3C2)cc1F. The van der Waals surface area contributed by atoms with E-state index in [1.165, 1.54) is 16.7 Å². The minimum Gasteiger partial charge on any atom is -0.508 e. The van der Waals surface area contributed by atoms with Crippen molar-refractivity contribution in [2.75, 3.05) is 52.4 Å². The zero-order valence-corrected chi connectivity index (χ0v) is 23.8. The number of phenols is 1. The first-order chi connectivity index (χ1) is 18.9. The molecule has 0 saturated carbocycles.